The maximum absolute atomic E-state index is 14.9. The van der Waals surface area contributed by atoms with Crippen LogP contribution in [0.4, 0.5) is 14.6 Å². The normalized spacial score (nSPS) is 12.4. The van der Waals surface area contributed by atoms with Gasteiger partial charge in [-0.05, 0) is 47.6 Å². The summed E-state index contributed by atoms with van der Waals surface area (Å²) in [5.74, 6) is -0.900. The van der Waals surface area contributed by atoms with E-state index >= 15 is 0 Å². The lowest BCUT2D eigenvalue weighted by Gasteiger charge is -2.11. The van der Waals surface area contributed by atoms with Crippen LogP contribution in [0.3, 0.4) is 0 Å². The van der Waals surface area contributed by atoms with Crippen molar-refractivity contribution in [1.82, 2.24) is 9.71 Å². The molecule has 0 saturated heterocycles. The van der Waals surface area contributed by atoms with Crippen LogP contribution in [0.5, 0.6) is 0 Å². The molecule has 3 rings (SSSR count). The Morgan fingerprint density at radius 2 is 1.96 bits per heavy atom. The molecule has 1 heterocycles. The van der Waals surface area contributed by atoms with Gasteiger partial charge in [0.2, 0.25) is 11.3 Å². The van der Waals surface area contributed by atoms with Gasteiger partial charge in [0.05, 0.1) is 5.56 Å². The Labute approximate surface area is 151 Å². The second-order valence-corrected chi connectivity index (χ2v) is 6.60. The highest BCUT2D eigenvalue weighted by molar-refractivity contribution is 7.77. The largest absolute Gasteiger partial charge is 0.384 e. The van der Waals surface area contributed by atoms with Gasteiger partial charge >= 0.3 is 0 Å². The molecule has 0 aliphatic rings. The smallest absolute Gasteiger partial charge is 0.231 e. The highest BCUT2D eigenvalue weighted by Crippen LogP contribution is 2.31. The summed E-state index contributed by atoms with van der Waals surface area (Å²) in [6.07, 6.45) is 2.32. The average molecular weight is 377 g/mol. The molecular formula is C18H17F2N3O2S. The summed E-state index contributed by atoms with van der Waals surface area (Å²) in [7, 11) is 0. The standard InChI is InChI=1S/C18H17F2N3O2S/c19-15-6-5-11(2-1-7-23-26(24)25)18(20)17(15)13-4-3-12-9-16(21)22-10-14(12)8-13/h3-6,8-10,23H,1-2,7H2,(H2,21,22)(H,24,25). The SMILES string of the molecule is Nc1cc2ccc(-c3c(F)ccc(CCCNS(=O)O)c3F)cc2cn1. The molecule has 0 amide bonds. The third-order valence-corrected chi connectivity index (χ3v) is 4.50. The Balaban J connectivity index is 1.92. The number of hydrogen-bond donors (Lipinski definition) is 3. The Bertz CT molecular complexity index is 982. The molecule has 0 bridgehead atoms. The van der Waals surface area contributed by atoms with Gasteiger partial charge in [-0.25, -0.2) is 22.7 Å². The van der Waals surface area contributed by atoms with E-state index in [2.05, 4.69) is 9.71 Å². The number of benzene rings is 2. The first-order chi connectivity index (χ1) is 12.5. The van der Waals surface area contributed by atoms with Crippen molar-refractivity contribution >= 4 is 27.9 Å². The van der Waals surface area contributed by atoms with E-state index in [1.54, 1.807) is 30.5 Å². The molecule has 0 saturated carbocycles. The van der Waals surface area contributed by atoms with Gasteiger partial charge in [0.25, 0.3) is 0 Å². The Morgan fingerprint density at radius 3 is 2.73 bits per heavy atom. The maximum Gasteiger partial charge on any atom is 0.231 e. The molecule has 1 aromatic heterocycles. The number of nitrogens with zero attached hydrogens (tertiary/aromatic N) is 1. The zero-order chi connectivity index (χ0) is 18.7. The molecule has 0 radical (unpaired) electrons. The average Bonchev–Trinajstić information content (AvgIpc) is 2.60. The van der Waals surface area contributed by atoms with Crippen LogP contribution in [0.25, 0.3) is 21.9 Å². The zero-order valence-corrected chi connectivity index (χ0v) is 14.5. The van der Waals surface area contributed by atoms with Gasteiger partial charge in [-0.1, -0.05) is 18.2 Å². The number of rotatable bonds is 6. The van der Waals surface area contributed by atoms with Gasteiger partial charge in [0, 0.05) is 18.1 Å². The zero-order valence-electron chi connectivity index (χ0n) is 13.7. The van der Waals surface area contributed by atoms with E-state index in [-0.39, 0.29) is 12.1 Å². The molecule has 1 atom stereocenters. The minimum absolute atomic E-state index is 0.0973. The van der Waals surface area contributed by atoms with Gasteiger partial charge in [-0.15, -0.1) is 0 Å². The summed E-state index contributed by atoms with van der Waals surface area (Å²) >= 11 is -2.10. The van der Waals surface area contributed by atoms with E-state index in [9.17, 15) is 13.0 Å². The first-order valence-corrected chi connectivity index (χ1v) is 9.03. The van der Waals surface area contributed by atoms with Gasteiger partial charge < -0.3 is 5.73 Å². The molecule has 0 aliphatic heterocycles. The van der Waals surface area contributed by atoms with Crippen LogP contribution in [-0.2, 0) is 17.7 Å². The van der Waals surface area contributed by atoms with E-state index in [1.807, 2.05) is 0 Å². The van der Waals surface area contributed by atoms with Crippen molar-refractivity contribution in [2.45, 2.75) is 12.8 Å². The Hall–Kier alpha value is -2.42. The number of aryl methyl sites for hydroxylation is 1. The number of halogens is 2. The predicted molar refractivity (Wildman–Crippen MR) is 98.6 cm³/mol. The molecular weight excluding hydrogens is 360 g/mol. The van der Waals surface area contributed by atoms with Crippen LogP contribution in [-0.4, -0.2) is 20.3 Å². The van der Waals surface area contributed by atoms with Crippen LogP contribution < -0.4 is 10.5 Å². The topological polar surface area (TPSA) is 88.2 Å². The number of fused-ring (bicyclic) bond motifs is 1. The van der Waals surface area contributed by atoms with Crippen molar-refractivity contribution in [3.05, 3.63) is 59.8 Å². The fourth-order valence-corrected chi connectivity index (χ4v) is 3.12. The van der Waals surface area contributed by atoms with E-state index in [1.165, 1.54) is 12.1 Å². The van der Waals surface area contributed by atoms with Gasteiger partial charge in [-0.3, -0.25) is 4.55 Å². The van der Waals surface area contributed by atoms with Crippen LogP contribution in [0.1, 0.15) is 12.0 Å². The molecule has 8 heteroatoms. The van der Waals surface area contributed by atoms with Crippen molar-refractivity contribution in [2.75, 3.05) is 12.3 Å². The molecule has 26 heavy (non-hydrogen) atoms. The van der Waals surface area contributed by atoms with Gasteiger partial charge in [0.15, 0.2) is 0 Å². The molecule has 2 aromatic carbocycles. The number of pyridine rings is 1. The van der Waals surface area contributed by atoms with Crippen molar-refractivity contribution in [3.63, 3.8) is 0 Å². The molecule has 0 aliphatic carbocycles. The minimum atomic E-state index is -2.10. The first kappa shape index (κ1) is 18.4. The van der Waals surface area contributed by atoms with Gasteiger partial charge in [-0.2, -0.15) is 0 Å². The molecule has 1 unspecified atom stereocenters. The van der Waals surface area contributed by atoms with Crippen LogP contribution in [0.15, 0.2) is 42.6 Å². The van der Waals surface area contributed by atoms with Crippen molar-refractivity contribution in [1.29, 1.82) is 0 Å². The number of aromatic nitrogens is 1. The third kappa shape index (κ3) is 4.04. The molecule has 0 fully saturated rings. The fourth-order valence-electron chi connectivity index (χ4n) is 2.81. The fraction of sp³-hybridized carbons (Fsp3) is 0.167. The molecule has 3 aromatic rings. The molecule has 0 spiro atoms. The summed E-state index contributed by atoms with van der Waals surface area (Å²) < 4.78 is 50.7. The summed E-state index contributed by atoms with van der Waals surface area (Å²) in [5, 5.41) is 1.57. The first-order valence-electron chi connectivity index (χ1n) is 7.92. The maximum atomic E-state index is 14.9. The quantitative estimate of drug-likeness (QED) is 0.454. The predicted octanol–water partition coefficient (Wildman–Crippen LogP) is 3.42. The van der Waals surface area contributed by atoms with E-state index in [0.29, 0.717) is 29.8 Å². The minimum Gasteiger partial charge on any atom is -0.384 e. The van der Waals surface area contributed by atoms with Crippen molar-refractivity contribution < 1.29 is 17.5 Å². The van der Waals surface area contributed by atoms with E-state index in [0.717, 1.165) is 10.8 Å². The second kappa shape index (κ2) is 7.86. The number of nitrogen functional groups attached to an aromatic ring is 1. The number of nitrogens with one attached hydrogen (secondary N) is 1. The summed E-state index contributed by atoms with van der Waals surface area (Å²) in [6, 6.07) is 9.38. The Morgan fingerprint density at radius 1 is 1.15 bits per heavy atom. The van der Waals surface area contributed by atoms with E-state index in [4.69, 9.17) is 10.3 Å². The lowest BCUT2D eigenvalue weighted by molar-refractivity contribution is 0.545. The summed E-state index contributed by atoms with van der Waals surface area (Å²) in [4.78, 5) is 4.01. The monoisotopic (exact) mass is 377 g/mol. The van der Waals surface area contributed by atoms with Crippen LogP contribution in [0, 0.1) is 11.6 Å². The van der Waals surface area contributed by atoms with Crippen molar-refractivity contribution in [3.8, 4) is 11.1 Å². The molecule has 4 N–H and O–H groups in total. The summed E-state index contributed by atoms with van der Waals surface area (Å²) in [6.45, 7) is 0.248. The Kier molecular flexibility index (Phi) is 5.55. The van der Waals surface area contributed by atoms with Crippen LogP contribution >= 0.6 is 0 Å². The second-order valence-electron chi connectivity index (χ2n) is 5.81. The number of hydrogen-bond acceptors (Lipinski definition) is 3. The van der Waals surface area contributed by atoms with Gasteiger partial charge in [0.1, 0.15) is 17.5 Å². The number of anilines is 1. The lowest BCUT2D eigenvalue weighted by Crippen LogP contribution is -2.18. The highest BCUT2D eigenvalue weighted by atomic mass is 32.2. The number of nitrogens with two attached hydrogens (primary N) is 1. The lowest BCUT2D eigenvalue weighted by atomic mass is 9.97. The highest BCUT2D eigenvalue weighted by Gasteiger charge is 2.16. The molecule has 5 nitrogen and oxygen atoms in total. The summed E-state index contributed by atoms with van der Waals surface area (Å²) in [5.41, 5.74) is 6.31. The molecule has 136 valence electrons. The third-order valence-electron chi connectivity index (χ3n) is 4.05. The van der Waals surface area contributed by atoms with Crippen LogP contribution in [0.2, 0.25) is 0 Å². The van der Waals surface area contributed by atoms with E-state index < -0.39 is 22.9 Å². The van der Waals surface area contributed by atoms with Crippen molar-refractivity contribution in [2.24, 2.45) is 0 Å².